The van der Waals surface area contributed by atoms with Crippen LogP contribution in [0.3, 0.4) is 0 Å². The third-order valence-electron chi connectivity index (χ3n) is 3.60. The van der Waals surface area contributed by atoms with E-state index in [2.05, 4.69) is 10.6 Å². The van der Waals surface area contributed by atoms with Crippen LogP contribution in [0.4, 0.5) is 9.18 Å². The van der Waals surface area contributed by atoms with Gasteiger partial charge in [0.2, 0.25) is 0 Å². The molecule has 2 amide bonds. The molecule has 0 aromatic heterocycles. The second-order valence-electron chi connectivity index (χ2n) is 5.84. The summed E-state index contributed by atoms with van der Waals surface area (Å²) in [6.07, 6.45) is -0.863. The molecule has 0 aliphatic rings. The molecule has 118 valence electrons. The first-order valence-corrected chi connectivity index (χ1v) is 6.85. The van der Waals surface area contributed by atoms with Crippen LogP contribution in [0.25, 0.3) is 0 Å². The maximum atomic E-state index is 12.8. The van der Waals surface area contributed by atoms with Crippen molar-refractivity contribution in [2.75, 3.05) is 27.2 Å². The van der Waals surface area contributed by atoms with Crippen LogP contribution in [0.15, 0.2) is 24.3 Å². The molecular weight excluding hydrogens is 273 g/mol. The summed E-state index contributed by atoms with van der Waals surface area (Å²) in [7, 11) is 3.88. The van der Waals surface area contributed by atoms with E-state index in [4.69, 9.17) is 0 Å². The van der Waals surface area contributed by atoms with Crippen molar-refractivity contribution in [1.29, 1.82) is 0 Å². The maximum Gasteiger partial charge on any atom is 0.314 e. The van der Waals surface area contributed by atoms with Crippen LogP contribution < -0.4 is 10.6 Å². The van der Waals surface area contributed by atoms with Gasteiger partial charge in [0.05, 0.1) is 6.10 Å². The number of amides is 2. The Morgan fingerprint density at radius 1 is 1.29 bits per heavy atom. The molecule has 0 saturated heterocycles. The Balaban J connectivity index is 2.37. The number of urea groups is 1. The number of rotatable bonds is 6. The Morgan fingerprint density at radius 3 is 2.38 bits per heavy atom. The lowest BCUT2D eigenvalue weighted by Crippen LogP contribution is -2.50. The average molecular weight is 297 g/mol. The molecule has 0 aliphatic heterocycles. The first-order chi connectivity index (χ1) is 9.72. The number of likely N-dealkylation sites (N-methyl/N-ethyl adjacent to an activating group) is 1. The summed E-state index contributed by atoms with van der Waals surface area (Å²) in [5.41, 5.74) is 0.401. The molecule has 21 heavy (non-hydrogen) atoms. The average Bonchev–Trinajstić information content (AvgIpc) is 2.43. The van der Waals surface area contributed by atoms with Crippen molar-refractivity contribution in [3.63, 3.8) is 0 Å². The quantitative estimate of drug-likeness (QED) is 0.745. The molecule has 0 radical (unpaired) electrons. The molecule has 1 rings (SSSR count). The van der Waals surface area contributed by atoms with E-state index in [9.17, 15) is 14.3 Å². The lowest BCUT2D eigenvalue weighted by molar-refractivity contribution is 0.168. The minimum Gasteiger partial charge on any atom is -0.387 e. The zero-order valence-electron chi connectivity index (χ0n) is 13.0. The summed E-state index contributed by atoms with van der Waals surface area (Å²) in [4.78, 5) is 13.7. The fraction of sp³-hybridized carbons (Fsp3) is 0.533. The highest BCUT2D eigenvalue weighted by molar-refractivity contribution is 5.73. The Kier molecular flexibility index (Phi) is 6.11. The first-order valence-electron chi connectivity index (χ1n) is 6.85. The second-order valence-corrected chi connectivity index (χ2v) is 5.84. The van der Waals surface area contributed by atoms with Crippen LogP contribution in [0.5, 0.6) is 0 Å². The van der Waals surface area contributed by atoms with Crippen LogP contribution >= 0.6 is 0 Å². The van der Waals surface area contributed by atoms with E-state index in [1.807, 2.05) is 32.8 Å². The fourth-order valence-electron chi connectivity index (χ4n) is 1.51. The molecular formula is C15H24FN3O2. The Labute approximate surface area is 125 Å². The topological polar surface area (TPSA) is 64.6 Å². The highest BCUT2D eigenvalue weighted by Gasteiger charge is 2.21. The van der Waals surface area contributed by atoms with E-state index >= 15 is 0 Å². The van der Waals surface area contributed by atoms with E-state index in [0.717, 1.165) is 0 Å². The van der Waals surface area contributed by atoms with Crippen molar-refractivity contribution < 1.29 is 14.3 Å². The summed E-state index contributed by atoms with van der Waals surface area (Å²) >= 11 is 0. The third-order valence-corrected chi connectivity index (χ3v) is 3.60. The van der Waals surface area contributed by atoms with Gasteiger partial charge in [-0.15, -0.1) is 0 Å². The van der Waals surface area contributed by atoms with Crippen molar-refractivity contribution >= 4 is 6.03 Å². The van der Waals surface area contributed by atoms with Gasteiger partial charge in [0.15, 0.2) is 0 Å². The largest absolute Gasteiger partial charge is 0.387 e. The van der Waals surface area contributed by atoms with Gasteiger partial charge in [0, 0.05) is 18.6 Å². The van der Waals surface area contributed by atoms with E-state index in [0.29, 0.717) is 12.1 Å². The van der Waals surface area contributed by atoms with Gasteiger partial charge in [-0.25, -0.2) is 9.18 Å². The van der Waals surface area contributed by atoms with Gasteiger partial charge >= 0.3 is 6.03 Å². The van der Waals surface area contributed by atoms with Crippen molar-refractivity contribution in [3.05, 3.63) is 35.6 Å². The van der Waals surface area contributed by atoms with Gasteiger partial charge in [-0.1, -0.05) is 12.1 Å². The number of nitrogens with zero attached hydrogens (tertiary/aromatic N) is 1. The van der Waals surface area contributed by atoms with Gasteiger partial charge < -0.3 is 20.6 Å². The Hall–Kier alpha value is -1.66. The van der Waals surface area contributed by atoms with Crippen molar-refractivity contribution in [2.45, 2.75) is 25.5 Å². The minimum atomic E-state index is -0.863. The van der Waals surface area contributed by atoms with Crippen LogP contribution in [0.1, 0.15) is 25.5 Å². The van der Waals surface area contributed by atoms with Crippen molar-refractivity contribution in [1.82, 2.24) is 15.5 Å². The standard InChI is InChI=1S/C15H24FN3O2/c1-15(2,19(3)4)10-18-14(21)17-9-13(20)11-5-7-12(16)8-6-11/h5-8,13,20H,9-10H2,1-4H3,(H2,17,18,21). The number of carbonyl (C=O) groups is 1. The van der Waals surface area contributed by atoms with Gasteiger partial charge in [-0.2, -0.15) is 0 Å². The molecule has 1 aromatic carbocycles. The summed E-state index contributed by atoms with van der Waals surface area (Å²) in [6.45, 7) is 4.58. The van der Waals surface area contributed by atoms with Crippen LogP contribution in [0.2, 0.25) is 0 Å². The highest BCUT2D eigenvalue weighted by Crippen LogP contribution is 2.12. The number of hydrogen-bond acceptors (Lipinski definition) is 3. The Morgan fingerprint density at radius 2 is 1.86 bits per heavy atom. The lowest BCUT2D eigenvalue weighted by atomic mass is 10.0. The molecule has 0 fully saturated rings. The molecule has 0 bridgehead atoms. The van der Waals surface area contributed by atoms with Crippen molar-refractivity contribution in [2.24, 2.45) is 0 Å². The number of aliphatic hydroxyl groups is 1. The van der Waals surface area contributed by atoms with E-state index < -0.39 is 6.10 Å². The van der Waals surface area contributed by atoms with Crippen LogP contribution in [-0.2, 0) is 0 Å². The van der Waals surface area contributed by atoms with E-state index in [1.165, 1.54) is 24.3 Å². The summed E-state index contributed by atoms with van der Waals surface area (Å²) in [6, 6.07) is 5.20. The van der Waals surface area contributed by atoms with Gasteiger partial charge in [-0.05, 0) is 45.6 Å². The monoisotopic (exact) mass is 297 g/mol. The predicted molar refractivity (Wildman–Crippen MR) is 80.5 cm³/mol. The Bertz CT molecular complexity index is 460. The summed E-state index contributed by atoms with van der Waals surface area (Å²) < 4.78 is 12.8. The molecule has 5 nitrogen and oxygen atoms in total. The lowest BCUT2D eigenvalue weighted by Gasteiger charge is -2.32. The first kappa shape index (κ1) is 17.4. The normalized spacial score (nSPS) is 13.1. The zero-order valence-corrected chi connectivity index (χ0v) is 13.0. The molecule has 0 spiro atoms. The minimum absolute atomic E-state index is 0.0693. The molecule has 6 heteroatoms. The van der Waals surface area contributed by atoms with Crippen LogP contribution in [0, 0.1) is 5.82 Å². The molecule has 1 unspecified atom stereocenters. The predicted octanol–water partition coefficient (Wildman–Crippen LogP) is 1.50. The second kappa shape index (κ2) is 7.38. The number of aliphatic hydroxyl groups excluding tert-OH is 1. The van der Waals surface area contributed by atoms with Crippen LogP contribution in [-0.4, -0.2) is 48.8 Å². The van der Waals surface area contributed by atoms with Gasteiger partial charge in [0.1, 0.15) is 5.82 Å². The zero-order chi connectivity index (χ0) is 16.0. The molecule has 0 heterocycles. The number of carbonyl (C=O) groups excluding carboxylic acids is 1. The fourth-order valence-corrected chi connectivity index (χ4v) is 1.51. The molecule has 1 aromatic rings. The molecule has 1 atom stereocenters. The highest BCUT2D eigenvalue weighted by atomic mass is 19.1. The SMILES string of the molecule is CN(C)C(C)(C)CNC(=O)NCC(O)c1ccc(F)cc1. The number of benzene rings is 1. The number of nitrogens with one attached hydrogen (secondary N) is 2. The third kappa shape index (κ3) is 5.69. The molecule has 3 N–H and O–H groups in total. The molecule has 0 aliphatic carbocycles. The van der Waals surface area contributed by atoms with Gasteiger partial charge in [-0.3, -0.25) is 0 Å². The summed E-state index contributed by atoms with van der Waals surface area (Å²) in [5, 5.41) is 15.3. The maximum absolute atomic E-state index is 12.8. The summed E-state index contributed by atoms with van der Waals surface area (Å²) in [5.74, 6) is -0.359. The van der Waals surface area contributed by atoms with E-state index in [-0.39, 0.29) is 23.9 Å². The number of hydrogen-bond donors (Lipinski definition) is 3. The van der Waals surface area contributed by atoms with Gasteiger partial charge in [0.25, 0.3) is 0 Å². The van der Waals surface area contributed by atoms with Crippen molar-refractivity contribution in [3.8, 4) is 0 Å². The smallest absolute Gasteiger partial charge is 0.314 e. The molecule has 0 saturated carbocycles. The van der Waals surface area contributed by atoms with E-state index in [1.54, 1.807) is 0 Å². The number of halogens is 1.